The van der Waals surface area contributed by atoms with E-state index in [1.54, 1.807) is 18.9 Å². The van der Waals surface area contributed by atoms with Gasteiger partial charge in [0.2, 0.25) is 18.2 Å². The van der Waals surface area contributed by atoms with E-state index in [2.05, 4.69) is 31.4 Å². The van der Waals surface area contributed by atoms with Crippen molar-refractivity contribution in [1.29, 1.82) is 0 Å². The minimum absolute atomic E-state index is 0. The number of nitrogens with one attached hydrogen (secondary N) is 3. The molecule has 1 atom stereocenters. The first-order chi connectivity index (χ1) is 15.1. The fourth-order valence-electron chi connectivity index (χ4n) is 2.22. The smallest absolute Gasteiger partial charge is 0.241 e. The zero-order chi connectivity index (χ0) is 25.1. The van der Waals surface area contributed by atoms with Gasteiger partial charge in [0.05, 0.1) is 12.6 Å². The van der Waals surface area contributed by atoms with Gasteiger partial charge in [-0.15, -0.1) is 0 Å². The molecule has 1 saturated heterocycles. The van der Waals surface area contributed by atoms with Crippen LogP contribution in [-0.4, -0.2) is 55.8 Å². The molecule has 0 aliphatic carbocycles. The molecule has 8 nitrogen and oxygen atoms in total. The number of rotatable bonds is 6. The molecule has 6 N–H and O–H groups in total. The van der Waals surface area contributed by atoms with Gasteiger partial charge in [-0.25, -0.2) is 8.78 Å². The van der Waals surface area contributed by atoms with E-state index in [9.17, 15) is 23.2 Å². The first kappa shape index (κ1) is 35.0. The van der Waals surface area contributed by atoms with Crippen molar-refractivity contribution in [2.24, 2.45) is 5.92 Å². The molecule has 10 heteroatoms. The number of halogens is 2. The number of nitrogens with zero attached hydrogens (tertiary/aromatic N) is 1. The highest BCUT2D eigenvalue weighted by molar-refractivity contribution is 5.87. The summed E-state index contributed by atoms with van der Waals surface area (Å²) in [5, 5.41) is 7.35. The summed E-state index contributed by atoms with van der Waals surface area (Å²) in [6.07, 6.45) is 2.38. The Labute approximate surface area is 197 Å². The minimum atomic E-state index is -0.780. The topological polar surface area (TPSA) is 126 Å². The van der Waals surface area contributed by atoms with Crippen molar-refractivity contribution >= 4 is 23.9 Å². The molecular weight excluding hydrogens is 432 g/mol. The van der Waals surface area contributed by atoms with Crippen LogP contribution in [0.2, 0.25) is 0 Å². The lowest BCUT2D eigenvalue weighted by atomic mass is 10.3. The number of anilines is 1. The van der Waals surface area contributed by atoms with E-state index in [0.29, 0.717) is 0 Å². The number of likely N-dealkylation sites (N-methyl/N-ethyl adjacent to an activating group) is 1. The van der Waals surface area contributed by atoms with Crippen LogP contribution in [0.3, 0.4) is 0 Å². The van der Waals surface area contributed by atoms with E-state index in [1.807, 2.05) is 19.2 Å². The Hall–Kier alpha value is -2.59. The van der Waals surface area contributed by atoms with Crippen LogP contribution in [0, 0.1) is 17.6 Å². The summed E-state index contributed by atoms with van der Waals surface area (Å²) < 4.78 is 25.2. The third kappa shape index (κ3) is 16.7. The molecule has 0 saturated carbocycles. The number of hydrogen-bond acceptors (Lipinski definition) is 5. The van der Waals surface area contributed by atoms with Crippen molar-refractivity contribution in [1.82, 2.24) is 21.7 Å². The highest BCUT2D eigenvalue weighted by Gasteiger charge is 2.19. The Morgan fingerprint density at radius 3 is 1.91 bits per heavy atom. The number of para-hydroxylation sites is 1. The van der Waals surface area contributed by atoms with Crippen LogP contribution >= 0.6 is 0 Å². The zero-order valence-electron chi connectivity index (χ0n) is 21.1. The van der Waals surface area contributed by atoms with Crippen LogP contribution in [0.15, 0.2) is 18.2 Å². The molecule has 192 valence electrons. The second-order valence-corrected chi connectivity index (χ2v) is 7.41. The maximum Gasteiger partial charge on any atom is 0.241 e. The molecule has 0 spiro atoms. The number of carbonyl (C=O) groups is 3. The third-order valence-corrected chi connectivity index (χ3v) is 3.86. The summed E-state index contributed by atoms with van der Waals surface area (Å²) in [4.78, 5) is 34.5. The molecule has 33 heavy (non-hydrogen) atoms. The van der Waals surface area contributed by atoms with Gasteiger partial charge in [-0.3, -0.25) is 14.4 Å². The Morgan fingerprint density at radius 1 is 1.06 bits per heavy atom. The van der Waals surface area contributed by atoms with E-state index < -0.39 is 17.3 Å². The number of hydrogen-bond donors (Lipinski definition) is 4. The lowest BCUT2D eigenvalue weighted by Crippen LogP contribution is -2.45. The molecule has 1 aromatic rings. The predicted octanol–water partition coefficient (Wildman–Crippen LogP) is 3.72. The van der Waals surface area contributed by atoms with E-state index in [0.717, 1.165) is 44.0 Å². The second-order valence-electron chi connectivity index (χ2n) is 7.41. The second kappa shape index (κ2) is 21.3. The average molecular weight is 476 g/mol. The van der Waals surface area contributed by atoms with Crippen LogP contribution in [0.25, 0.3) is 0 Å². The Balaban J connectivity index is -0.000000441. The van der Waals surface area contributed by atoms with Crippen LogP contribution in [0.4, 0.5) is 14.5 Å². The van der Waals surface area contributed by atoms with Gasteiger partial charge in [-0.2, -0.15) is 0 Å². The summed E-state index contributed by atoms with van der Waals surface area (Å²) in [7, 11) is 1.71. The molecule has 0 bridgehead atoms. The first-order valence-corrected chi connectivity index (χ1v) is 11.0. The van der Waals surface area contributed by atoms with E-state index in [-0.39, 0.29) is 37.0 Å². The molecular formula is C23H43F2N5O3. The van der Waals surface area contributed by atoms with E-state index in [1.165, 1.54) is 6.07 Å². The largest absolute Gasteiger partial charge is 0.346 e. The minimum Gasteiger partial charge on any atom is -0.346 e. The molecule has 1 heterocycles. The molecule has 1 aromatic carbocycles. The molecule has 2 rings (SSSR count). The van der Waals surface area contributed by atoms with Crippen molar-refractivity contribution in [3.63, 3.8) is 0 Å². The van der Waals surface area contributed by atoms with Gasteiger partial charge in [-0.1, -0.05) is 40.7 Å². The number of carbonyl (C=O) groups excluding carboxylic acids is 3. The molecule has 1 aliphatic rings. The first-order valence-electron chi connectivity index (χ1n) is 11.0. The van der Waals surface area contributed by atoms with Crippen LogP contribution in [0.5, 0.6) is 0 Å². The van der Waals surface area contributed by atoms with Crippen LogP contribution in [-0.2, 0) is 14.4 Å². The lowest BCUT2D eigenvalue weighted by molar-refractivity contribution is -0.132. The van der Waals surface area contributed by atoms with E-state index >= 15 is 0 Å². The molecule has 0 aromatic heterocycles. The standard InChI is InChI=1S/C10H19N3O2.C7H5F2NO.C4H10.C2H6.H3N/c1-8(11-2)10(15)12-7-9(14)13-5-3-4-6-13;8-5-2-1-3-6(9)7(5)10-4-11;1-4(2)3;1-2;/h8,11H,3-7H2,1-2H3,(H,12,15);1-4H,(H,10,11);4H,1-3H3;1-2H3;1H3. The van der Waals surface area contributed by atoms with Crippen LogP contribution < -0.4 is 22.1 Å². The van der Waals surface area contributed by atoms with Crippen molar-refractivity contribution in [2.45, 2.75) is 60.4 Å². The normalized spacial score (nSPS) is 12.4. The highest BCUT2D eigenvalue weighted by atomic mass is 19.1. The third-order valence-electron chi connectivity index (χ3n) is 3.86. The Bertz CT molecular complexity index is 646. The highest BCUT2D eigenvalue weighted by Crippen LogP contribution is 2.16. The van der Waals surface area contributed by atoms with Crippen molar-refractivity contribution < 1.29 is 23.2 Å². The molecule has 3 amide bonds. The van der Waals surface area contributed by atoms with Crippen molar-refractivity contribution in [3.05, 3.63) is 29.8 Å². The fourth-order valence-corrected chi connectivity index (χ4v) is 2.22. The Kier molecular flexibility index (Phi) is 22.6. The summed E-state index contributed by atoms with van der Waals surface area (Å²) in [6.45, 7) is 14.0. The molecule has 1 fully saturated rings. The molecule has 0 radical (unpaired) electrons. The van der Waals surface area contributed by atoms with Crippen molar-refractivity contribution in [2.75, 3.05) is 32.0 Å². The SMILES string of the molecule is CC.CC(C)C.CNC(C)C(=O)NCC(=O)N1CCCC1.N.O=CNc1c(F)cccc1F. The summed E-state index contributed by atoms with van der Waals surface area (Å²) in [5.74, 6) is -0.844. The predicted molar refractivity (Wildman–Crippen MR) is 130 cm³/mol. The van der Waals surface area contributed by atoms with Gasteiger partial charge in [0, 0.05) is 13.1 Å². The van der Waals surface area contributed by atoms with Gasteiger partial charge >= 0.3 is 0 Å². The summed E-state index contributed by atoms with van der Waals surface area (Å²) in [5.41, 5.74) is -0.414. The van der Waals surface area contributed by atoms with E-state index in [4.69, 9.17) is 0 Å². The quantitative estimate of drug-likeness (QED) is 0.467. The maximum absolute atomic E-state index is 12.6. The monoisotopic (exact) mass is 475 g/mol. The number of benzene rings is 1. The van der Waals surface area contributed by atoms with Crippen molar-refractivity contribution in [3.8, 4) is 0 Å². The number of amides is 3. The van der Waals surface area contributed by atoms with Gasteiger partial charge in [-0.05, 0) is 44.9 Å². The van der Waals surface area contributed by atoms with Gasteiger partial charge < -0.3 is 27.0 Å². The van der Waals surface area contributed by atoms with Gasteiger partial charge in [0.25, 0.3) is 0 Å². The van der Waals surface area contributed by atoms with Gasteiger partial charge in [0.15, 0.2) is 0 Å². The fraction of sp³-hybridized carbons (Fsp3) is 0.609. The summed E-state index contributed by atoms with van der Waals surface area (Å²) >= 11 is 0. The molecule has 1 unspecified atom stereocenters. The van der Waals surface area contributed by atoms with Crippen LogP contribution in [0.1, 0.15) is 54.4 Å². The number of likely N-dealkylation sites (tertiary alicyclic amines) is 1. The summed E-state index contributed by atoms with van der Waals surface area (Å²) in [6, 6.07) is 3.10. The zero-order valence-corrected chi connectivity index (χ0v) is 21.1. The lowest BCUT2D eigenvalue weighted by Gasteiger charge is -2.16. The van der Waals surface area contributed by atoms with Gasteiger partial charge in [0.1, 0.15) is 17.3 Å². The average Bonchev–Trinajstić information content (AvgIpc) is 3.30. The maximum atomic E-state index is 12.6. The Morgan fingerprint density at radius 2 is 1.52 bits per heavy atom. The molecule has 1 aliphatic heterocycles.